The summed E-state index contributed by atoms with van der Waals surface area (Å²) < 4.78 is 10.9. The molecule has 1 saturated heterocycles. The van der Waals surface area contributed by atoms with Gasteiger partial charge in [-0.3, -0.25) is 4.21 Å². The van der Waals surface area contributed by atoms with Gasteiger partial charge in [0.15, 0.2) is 0 Å². The number of hydrogen-bond donors (Lipinski definition) is 2. The zero-order chi connectivity index (χ0) is 11.1. The SMILES string of the molecule is CC(CCS(C)=O)NCC1CCCNC1. The van der Waals surface area contributed by atoms with Gasteiger partial charge in [-0.2, -0.15) is 0 Å². The molecule has 0 radical (unpaired) electrons. The third kappa shape index (κ3) is 6.28. The zero-order valence-electron chi connectivity index (χ0n) is 9.92. The summed E-state index contributed by atoms with van der Waals surface area (Å²) in [5, 5.41) is 6.95. The maximum Gasteiger partial charge on any atom is 0.0246 e. The standard InChI is InChI=1S/C11H24N2OS/c1-10(5-7-15(2)14)13-9-11-4-3-6-12-8-11/h10-13H,3-9H2,1-2H3. The first-order valence-electron chi connectivity index (χ1n) is 5.92. The fourth-order valence-electron chi connectivity index (χ4n) is 1.91. The van der Waals surface area contributed by atoms with E-state index in [-0.39, 0.29) is 0 Å². The molecule has 0 aromatic rings. The van der Waals surface area contributed by atoms with E-state index in [1.165, 1.54) is 19.4 Å². The Morgan fingerprint density at radius 1 is 1.60 bits per heavy atom. The second kappa shape index (κ2) is 7.36. The van der Waals surface area contributed by atoms with Crippen molar-refractivity contribution >= 4 is 10.8 Å². The van der Waals surface area contributed by atoms with Crippen molar-refractivity contribution in [2.75, 3.05) is 31.6 Å². The number of hydrogen-bond acceptors (Lipinski definition) is 3. The van der Waals surface area contributed by atoms with Gasteiger partial charge in [-0.05, 0) is 51.7 Å². The first-order chi connectivity index (χ1) is 7.18. The van der Waals surface area contributed by atoms with E-state index in [2.05, 4.69) is 17.6 Å². The van der Waals surface area contributed by atoms with Crippen molar-refractivity contribution in [3.63, 3.8) is 0 Å². The normalized spacial score (nSPS) is 26.1. The van der Waals surface area contributed by atoms with Gasteiger partial charge in [0.25, 0.3) is 0 Å². The van der Waals surface area contributed by atoms with Crippen LogP contribution in [0.15, 0.2) is 0 Å². The molecule has 3 unspecified atom stereocenters. The van der Waals surface area contributed by atoms with Gasteiger partial charge < -0.3 is 10.6 Å². The first-order valence-corrected chi connectivity index (χ1v) is 7.65. The summed E-state index contributed by atoms with van der Waals surface area (Å²) in [6.07, 6.45) is 5.44. The summed E-state index contributed by atoms with van der Waals surface area (Å²) in [6, 6.07) is 0.496. The number of nitrogens with one attached hydrogen (secondary N) is 2. The Morgan fingerprint density at radius 2 is 2.40 bits per heavy atom. The zero-order valence-corrected chi connectivity index (χ0v) is 10.7. The van der Waals surface area contributed by atoms with Crippen molar-refractivity contribution in [1.82, 2.24) is 10.6 Å². The molecule has 0 amide bonds. The Morgan fingerprint density at radius 3 is 3.00 bits per heavy atom. The quantitative estimate of drug-likeness (QED) is 0.709. The van der Waals surface area contributed by atoms with Crippen LogP contribution in [0.5, 0.6) is 0 Å². The molecule has 0 aromatic heterocycles. The predicted octanol–water partition coefficient (Wildman–Crippen LogP) is 0.733. The minimum absolute atomic E-state index is 0.496. The van der Waals surface area contributed by atoms with E-state index in [4.69, 9.17) is 0 Å². The fraction of sp³-hybridized carbons (Fsp3) is 1.00. The number of piperidine rings is 1. The molecule has 3 atom stereocenters. The van der Waals surface area contributed by atoms with Gasteiger partial charge in [-0.25, -0.2) is 0 Å². The van der Waals surface area contributed by atoms with Crippen LogP contribution in [0.2, 0.25) is 0 Å². The molecule has 0 bridgehead atoms. The average Bonchev–Trinajstić information content (AvgIpc) is 2.25. The highest BCUT2D eigenvalue weighted by Crippen LogP contribution is 2.08. The van der Waals surface area contributed by atoms with Gasteiger partial charge in [0.05, 0.1) is 0 Å². The smallest absolute Gasteiger partial charge is 0.0246 e. The molecule has 15 heavy (non-hydrogen) atoms. The molecule has 2 N–H and O–H groups in total. The second-order valence-electron chi connectivity index (χ2n) is 4.59. The van der Waals surface area contributed by atoms with Crippen LogP contribution in [0.1, 0.15) is 26.2 Å². The summed E-state index contributed by atoms with van der Waals surface area (Å²) in [6.45, 7) is 5.62. The molecule has 0 aliphatic carbocycles. The molecule has 0 saturated carbocycles. The van der Waals surface area contributed by atoms with Crippen LogP contribution in [-0.2, 0) is 10.8 Å². The summed E-state index contributed by atoms with van der Waals surface area (Å²) in [5.41, 5.74) is 0. The van der Waals surface area contributed by atoms with E-state index < -0.39 is 10.8 Å². The largest absolute Gasteiger partial charge is 0.316 e. The van der Waals surface area contributed by atoms with Gasteiger partial charge in [0.1, 0.15) is 0 Å². The van der Waals surface area contributed by atoms with E-state index in [0.717, 1.165) is 31.2 Å². The molecular weight excluding hydrogens is 208 g/mol. The van der Waals surface area contributed by atoms with Gasteiger partial charge in [0.2, 0.25) is 0 Å². The molecule has 0 aromatic carbocycles. The molecule has 1 fully saturated rings. The summed E-state index contributed by atoms with van der Waals surface area (Å²) in [4.78, 5) is 0. The molecule has 1 aliphatic heterocycles. The molecule has 1 heterocycles. The van der Waals surface area contributed by atoms with Crippen LogP contribution in [-0.4, -0.2) is 41.9 Å². The number of rotatable bonds is 6. The lowest BCUT2D eigenvalue weighted by atomic mass is 9.99. The van der Waals surface area contributed by atoms with E-state index in [1.807, 2.05) is 0 Å². The third-order valence-corrected chi connectivity index (χ3v) is 3.80. The summed E-state index contributed by atoms with van der Waals surface area (Å²) >= 11 is 0. The lowest BCUT2D eigenvalue weighted by Gasteiger charge is -2.24. The van der Waals surface area contributed by atoms with Crippen LogP contribution in [0.3, 0.4) is 0 Å². The average molecular weight is 232 g/mol. The molecule has 0 spiro atoms. The van der Waals surface area contributed by atoms with Crippen molar-refractivity contribution in [2.45, 2.75) is 32.2 Å². The van der Waals surface area contributed by atoms with E-state index in [9.17, 15) is 4.21 Å². The Hall–Kier alpha value is 0.0700. The minimum Gasteiger partial charge on any atom is -0.316 e. The third-order valence-electron chi connectivity index (χ3n) is 2.99. The van der Waals surface area contributed by atoms with Crippen molar-refractivity contribution in [1.29, 1.82) is 0 Å². The maximum absolute atomic E-state index is 10.9. The lowest BCUT2D eigenvalue weighted by molar-refractivity contribution is 0.345. The predicted molar refractivity (Wildman–Crippen MR) is 66.6 cm³/mol. The Bertz CT molecular complexity index is 193. The van der Waals surface area contributed by atoms with Gasteiger partial charge in [-0.1, -0.05) is 0 Å². The monoisotopic (exact) mass is 232 g/mol. The lowest BCUT2D eigenvalue weighted by Crippen LogP contribution is -2.39. The van der Waals surface area contributed by atoms with Gasteiger partial charge >= 0.3 is 0 Å². The fourth-order valence-corrected chi connectivity index (χ4v) is 2.60. The van der Waals surface area contributed by atoms with Crippen LogP contribution >= 0.6 is 0 Å². The van der Waals surface area contributed by atoms with Crippen LogP contribution < -0.4 is 10.6 Å². The van der Waals surface area contributed by atoms with Crippen molar-refractivity contribution in [3.05, 3.63) is 0 Å². The first kappa shape index (κ1) is 13.1. The van der Waals surface area contributed by atoms with Crippen LogP contribution in [0.25, 0.3) is 0 Å². The van der Waals surface area contributed by atoms with E-state index in [0.29, 0.717) is 6.04 Å². The minimum atomic E-state index is -0.647. The molecule has 4 heteroatoms. The second-order valence-corrected chi connectivity index (χ2v) is 6.14. The Kier molecular flexibility index (Phi) is 6.45. The highest BCUT2D eigenvalue weighted by atomic mass is 32.2. The Balaban J connectivity index is 2.04. The van der Waals surface area contributed by atoms with Crippen molar-refractivity contribution in [2.24, 2.45) is 5.92 Å². The summed E-state index contributed by atoms with van der Waals surface area (Å²) in [7, 11) is -0.647. The van der Waals surface area contributed by atoms with Crippen LogP contribution in [0.4, 0.5) is 0 Å². The maximum atomic E-state index is 10.9. The van der Waals surface area contributed by atoms with Crippen LogP contribution in [0, 0.1) is 5.92 Å². The van der Waals surface area contributed by atoms with Gasteiger partial charge in [0, 0.05) is 28.9 Å². The Labute approximate surface area is 95.9 Å². The van der Waals surface area contributed by atoms with E-state index >= 15 is 0 Å². The highest BCUT2D eigenvalue weighted by Gasteiger charge is 2.13. The highest BCUT2D eigenvalue weighted by molar-refractivity contribution is 7.84. The van der Waals surface area contributed by atoms with Crippen molar-refractivity contribution < 1.29 is 4.21 Å². The molecular formula is C11H24N2OS. The topological polar surface area (TPSA) is 41.1 Å². The van der Waals surface area contributed by atoms with E-state index in [1.54, 1.807) is 6.26 Å². The molecule has 3 nitrogen and oxygen atoms in total. The molecule has 1 rings (SSSR count). The van der Waals surface area contributed by atoms with Crippen molar-refractivity contribution in [3.8, 4) is 0 Å². The van der Waals surface area contributed by atoms with Gasteiger partial charge in [-0.15, -0.1) is 0 Å². The molecule has 90 valence electrons. The molecule has 1 aliphatic rings. The summed E-state index contributed by atoms with van der Waals surface area (Å²) in [5.74, 6) is 1.60.